The van der Waals surface area contributed by atoms with Crippen molar-refractivity contribution in [3.05, 3.63) is 0 Å². The van der Waals surface area contributed by atoms with Gasteiger partial charge in [0, 0.05) is 6.61 Å². The molecule has 0 saturated heterocycles. The molecular weight excluding hydrogens is 148 g/mol. The molecule has 0 aliphatic heterocycles. The number of aliphatic hydroxyl groups excluding tert-OH is 1. The van der Waals surface area contributed by atoms with Crippen LogP contribution >= 0.6 is 0 Å². The SMILES string of the molecule is CCCC(CC)CC(CC)CO. The van der Waals surface area contributed by atoms with Crippen LogP contribution in [0.4, 0.5) is 0 Å². The molecule has 0 saturated carbocycles. The molecular formula is C11H24O. The van der Waals surface area contributed by atoms with Gasteiger partial charge >= 0.3 is 0 Å². The fraction of sp³-hybridized carbons (Fsp3) is 1.00. The Bertz CT molecular complexity index is 87.0. The summed E-state index contributed by atoms with van der Waals surface area (Å²) in [5, 5.41) is 9.04. The van der Waals surface area contributed by atoms with Crippen LogP contribution in [0.25, 0.3) is 0 Å². The van der Waals surface area contributed by atoms with Crippen molar-refractivity contribution < 1.29 is 5.11 Å². The fourth-order valence-electron chi connectivity index (χ4n) is 1.74. The van der Waals surface area contributed by atoms with E-state index in [0.717, 1.165) is 12.3 Å². The van der Waals surface area contributed by atoms with Crippen molar-refractivity contribution in [3.8, 4) is 0 Å². The minimum atomic E-state index is 0.372. The van der Waals surface area contributed by atoms with Crippen molar-refractivity contribution in [2.45, 2.75) is 52.9 Å². The lowest BCUT2D eigenvalue weighted by molar-refractivity contribution is 0.191. The minimum absolute atomic E-state index is 0.372. The van der Waals surface area contributed by atoms with E-state index in [1.807, 2.05) is 0 Å². The molecule has 1 nitrogen and oxygen atoms in total. The molecule has 2 atom stereocenters. The van der Waals surface area contributed by atoms with Crippen LogP contribution in [0.15, 0.2) is 0 Å². The summed E-state index contributed by atoms with van der Waals surface area (Å²) in [5.74, 6) is 1.38. The van der Waals surface area contributed by atoms with Crippen LogP contribution in [0.1, 0.15) is 52.9 Å². The molecule has 74 valence electrons. The summed E-state index contributed by atoms with van der Waals surface area (Å²) in [6, 6.07) is 0. The third-order valence-electron chi connectivity index (χ3n) is 2.78. The van der Waals surface area contributed by atoms with Crippen molar-refractivity contribution in [3.63, 3.8) is 0 Å². The van der Waals surface area contributed by atoms with E-state index in [1.54, 1.807) is 0 Å². The first-order chi connectivity index (χ1) is 5.78. The van der Waals surface area contributed by atoms with Gasteiger partial charge in [-0.25, -0.2) is 0 Å². The van der Waals surface area contributed by atoms with Crippen LogP contribution in [-0.2, 0) is 0 Å². The second kappa shape index (κ2) is 7.60. The quantitative estimate of drug-likeness (QED) is 0.625. The highest BCUT2D eigenvalue weighted by atomic mass is 16.3. The van der Waals surface area contributed by atoms with E-state index < -0.39 is 0 Å². The molecule has 0 rings (SSSR count). The maximum absolute atomic E-state index is 9.04. The Balaban J connectivity index is 3.65. The molecule has 1 heteroatoms. The van der Waals surface area contributed by atoms with Gasteiger partial charge in [-0.1, -0.05) is 46.5 Å². The first-order valence-electron chi connectivity index (χ1n) is 5.39. The molecule has 0 heterocycles. The molecule has 0 radical (unpaired) electrons. The highest BCUT2D eigenvalue weighted by molar-refractivity contribution is 4.63. The molecule has 2 unspecified atom stereocenters. The molecule has 12 heavy (non-hydrogen) atoms. The Hall–Kier alpha value is -0.0400. The number of hydrogen-bond donors (Lipinski definition) is 1. The Labute approximate surface area is 77.2 Å². The van der Waals surface area contributed by atoms with E-state index in [0.29, 0.717) is 12.5 Å². The molecule has 0 aromatic rings. The summed E-state index contributed by atoms with van der Waals surface area (Å²) < 4.78 is 0. The highest BCUT2D eigenvalue weighted by Gasteiger charge is 2.11. The van der Waals surface area contributed by atoms with E-state index >= 15 is 0 Å². The average molecular weight is 172 g/mol. The lowest BCUT2D eigenvalue weighted by atomic mass is 9.88. The van der Waals surface area contributed by atoms with Gasteiger partial charge in [0.05, 0.1) is 0 Å². The second-order valence-corrected chi connectivity index (χ2v) is 3.76. The largest absolute Gasteiger partial charge is 0.396 e. The Morgan fingerprint density at radius 1 is 1.00 bits per heavy atom. The normalized spacial score (nSPS) is 16.0. The average Bonchev–Trinajstić information content (AvgIpc) is 2.12. The molecule has 0 bridgehead atoms. The van der Waals surface area contributed by atoms with Gasteiger partial charge in [-0.05, 0) is 18.3 Å². The van der Waals surface area contributed by atoms with Crippen molar-refractivity contribution >= 4 is 0 Å². The van der Waals surface area contributed by atoms with E-state index in [4.69, 9.17) is 5.11 Å². The van der Waals surface area contributed by atoms with Crippen LogP contribution in [0.3, 0.4) is 0 Å². The number of aliphatic hydroxyl groups is 1. The van der Waals surface area contributed by atoms with Crippen molar-refractivity contribution in [2.75, 3.05) is 6.61 Å². The lowest BCUT2D eigenvalue weighted by Gasteiger charge is -2.19. The summed E-state index contributed by atoms with van der Waals surface area (Å²) in [6.07, 6.45) is 6.21. The van der Waals surface area contributed by atoms with Gasteiger partial charge in [0.25, 0.3) is 0 Å². The summed E-state index contributed by atoms with van der Waals surface area (Å²) in [7, 11) is 0. The van der Waals surface area contributed by atoms with E-state index in [9.17, 15) is 0 Å². The standard InChI is InChI=1S/C11H24O/c1-4-7-10(5-2)8-11(6-3)9-12/h10-12H,4-9H2,1-3H3. The molecule has 0 aliphatic rings. The third kappa shape index (κ3) is 4.76. The van der Waals surface area contributed by atoms with Crippen LogP contribution < -0.4 is 0 Å². The van der Waals surface area contributed by atoms with Crippen molar-refractivity contribution in [2.24, 2.45) is 11.8 Å². The zero-order valence-corrected chi connectivity index (χ0v) is 8.84. The van der Waals surface area contributed by atoms with Crippen LogP contribution in [0.2, 0.25) is 0 Å². The topological polar surface area (TPSA) is 20.2 Å². The molecule has 1 N–H and O–H groups in total. The van der Waals surface area contributed by atoms with Gasteiger partial charge in [0.15, 0.2) is 0 Å². The molecule has 0 spiro atoms. The molecule has 0 amide bonds. The minimum Gasteiger partial charge on any atom is -0.396 e. The van der Waals surface area contributed by atoms with Crippen molar-refractivity contribution in [1.29, 1.82) is 0 Å². The van der Waals surface area contributed by atoms with Crippen LogP contribution in [-0.4, -0.2) is 11.7 Å². The second-order valence-electron chi connectivity index (χ2n) is 3.76. The maximum Gasteiger partial charge on any atom is 0.0459 e. The summed E-state index contributed by atoms with van der Waals surface area (Å²) in [4.78, 5) is 0. The summed E-state index contributed by atoms with van der Waals surface area (Å²) in [6.45, 7) is 7.03. The molecule has 0 aliphatic carbocycles. The van der Waals surface area contributed by atoms with Crippen LogP contribution in [0, 0.1) is 11.8 Å². The smallest absolute Gasteiger partial charge is 0.0459 e. The number of hydrogen-bond acceptors (Lipinski definition) is 1. The summed E-state index contributed by atoms with van der Waals surface area (Å²) >= 11 is 0. The third-order valence-corrected chi connectivity index (χ3v) is 2.78. The summed E-state index contributed by atoms with van der Waals surface area (Å²) in [5.41, 5.74) is 0. The zero-order chi connectivity index (χ0) is 9.40. The van der Waals surface area contributed by atoms with Gasteiger partial charge < -0.3 is 5.11 Å². The van der Waals surface area contributed by atoms with E-state index in [2.05, 4.69) is 20.8 Å². The van der Waals surface area contributed by atoms with Crippen molar-refractivity contribution in [1.82, 2.24) is 0 Å². The monoisotopic (exact) mass is 172 g/mol. The Morgan fingerprint density at radius 2 is 1.58 bits per heavy atom. The number of rotatable bonds is 7. The molecule has 0 aromatic carbocycles. The van der Waals surface area contributed by atoms with E-state index in [1.165, 1.54) is 25.7 Å². The first kappa shape index (κ1) is 12.0. The predicted molar refractivity (Wildman–Crippen MR) is 54.2 cm³/mol. The Kier molecular flexibility index (Phi) is 7.58. The van der Waals surface area contributed by atoms with E-state index in [-0.39, 0.29) is 0 Å². The highest BCUT2D eigenvalue weighted by Crippen LogP contribution is 2.22. The molecule has 0 fully saturated rings. The first-order valence-corrected chi connectivity index (χ1v) is 5.39. The molecule has 0 aromatic heterocycles. The van der Waals surface area contributed by atoms with Gasteiger partial charge in [-0.3, -0.25) is 0 Å². The van der Waals surface area contributed by atoms with Gasteiger partial charge in [-0.2, -0.15) is 0 Å². The lowest BCUT2D eigenvalue weighted by Crippen LogP contribution is -2.11. The van der Waals surface area contributed by atoms with Gasteiger partial charge in [-0.15, -0.1) is 0 Å². The predicted octanol–water partition coefficient (Wildman–Crippen LogP) is 3.22. The Morgan fingerprint density at radius 3 is 1.92 bits per heavy atom. The van der Waals surface area contributed by atoms with Crippen LogP contribution in [0.5, 0.6) is 0 Å². The van der Waals surface area contributed by atoms with Gasteiger partial charge in [0.1, 0.15) is 0 Å². The fourth-order valence-corrected chi connectivity index (χ4v) is 1.74. The van der Waals surface area contributed by atoms with Gasteiger partial charge in [0.2, 0.25) is 0 Å². The maximum atomic E-state index is 9.04. The zero-order valence-electron chi connectivity index (χ0n) is 8.84.